The van der Waals surface area contributed by atoms with Gasteiger partial charge in [0.05, 0.1) is 6.61 Å². The quantitative estimate of drug-likeness (QED) is 0.868. The van der Waals surface area contributed by atoms with Crippen LogP contribution in [0.3, 0.4) is 0 Å². The smallest absolute Gasteiger partial charge is 0.0506 e. The minimum atomic E-state index is 0.112. The van der Waals surface area contributed by atoms with Crippen molar-refractivity contribution in [3.8, 4) is 0 Å². The molecular formula is C17H28N2O. The maximum atomic E-state index is 6.37. The van der Waals surface area contributed by atoms with Crippen LogP contribution in [0.5, 0.6) is 0 Å². The molecule has 0 saturated carbocycles. The molecule has 3 nitrogen and oxygen atoms in total. The third-order valence-corrected chi connectivity index (χ3v) is 4.22. The maximum absolute atomic E-state index is 6.37. The van der Waals surface area contributed by atoms with E-state index >= 15 is 0 Å². The predicted octanol–water partition coefficient (Wildman–Crippen LogP) is 2.68. The van der Waals surface area contributed by atoms with Gasteiger partial charge in [0.1, 0.15) is 0 Å². The summed E-state index contributed by atoms with van der Waals surface area (Å²) in [5.74, 6) is 1.14. The van der Waals surface area contributed by atoms with Gasteiger partial charge in [0.2, 0.25) is 0 Å². The summed E-state index contributed by atoms with van der Waals surface area (Å²) in [7, 11) is 2.20. The second-order valence-electron chi connectivity index (χ2n) is 6.22. The van der Waals surface area contributed by atoms with E-state index in [1.54, 1.807) is 0 Å². The van der Waals surface area contributed by atoms with Crippen LogP contribution in [0.25, 0.3) is 0 Å². The topological polar surface area (TPSA) is 38.5 Å². The Kier molecular flexibility index (Phi) is 6.02. The summed E-state index contributed by atoms with van der Waals surface area (Å²) >= 11 is 0. The molecule has 0 spiro atoms. The number of ether oxygens (including phenoxy) is 1. The van der Waals surface area contributed by atoms with Gasteiger partial charge in [0, 0.05) is 25.7 Å². The fourth-order valence-corrected chi connectivity index (χ4v) is 3.08. The molecule has 3 atom stereocenters. The van der Waals surface area contributed by atoms with Crippen LogP contribution in [0.1, 0.15) is 31.4 Å². The fourth-order valence-electron chi connectivity index (χ4n) is 3.08. The standard InChI is InChI=1S/C17H28N2O/c1-14(17(18)16-8-4-3-5-9-16)11-19(2)12-15-7-6-10-20-13-15/h3-5,8-9,14-15,17H,6-7,10-13,18H2,1-2H3. The van der Waals surface area contributed by atoms with Gasteiger partial charge in [-0.2, -0.15) is 0 Å². The number of hydrogen-bond acceptors (Lipinski definition) is 3. The highest BCUT2D eigenvalue weighted by Crippen LogP contribution is 2.21. The number of rotatable bonds is 6. The molecule has 3 heteroatoms. The Bertz CT molecular complexity index is 376. The van der Waals surface area contributed by atoms with Crippen LogP contribution in [0.2, 0.25) is 0 Å². The molecule has 3 unspecified atom stereocenters. The lowest BCUT2D eigenvalue weighted by Gasteiger charge is -2.30. The molecule has 0 aromatic heterocycles. The molecular weight excluding hydrogens is 248 g/mol. The van der Waals surface area contributed by atoms with Crippen LogP contribution in [-0.2, 0) is 4.74 Å². The zero-order valence-corrected chi connectivity index (χ0v) is 12.8. The maximum Gasteiger partial charge on any atom is 0.0506 e. The first-order valence-electron chi connectivity index (χ1n) is 7.73. The molecule has 1 aliphatic rings. The lowest BCUT2D eigenvalue weighted by molar-refractivity contribution is 0.0400. The number of hydrogen-bond donors (Lipinski definition) is 1. The molecule has 1 saturated heterocycles. The van der Waals surface area contributed by atoms with Crippen molar-refractivity contribution in [3.63, 3.8) is 0 Å². The van der Waals surface area contributed by atoms with Crippen molar-refractivity contribution in [3.05, 3.63) is 35.9 Å². The van der Waals surface area contributed by atoms with E-state index in [1.165, 1.54) is 18.4 Å². The third kappa shape index (κ3) is 4.58. The molecule has 1 aromatic rings. The van der Waals surface area contributed by atoms with Crippen LogP contribution >= 0.6 is 0 Å². The van der Waals surface area contributed by atoms with E-state index in [1.807, 2.05) is 6.07 Å². The van der Waals surface area contributed by atoms with Gasteiger partial charge in [-0.15, -0.1) is 0 Å². The average Bonchev–Trinajstić information content (AvgIpc) is 2.48. The van der Waals surface area contributed by atoms with Crippen LogP contribution in [-0.4, -0.2) is 38.3 Å². The van der Waals surface area contributed by atoms with Crippen molar-refractivity contribution < 1.29 is 4.74 Å². The van der Waals surface area contributed by atoms with E-state index in [0.717, 1.165) is 26.3 Å². The van der Waals surface area contributed by atoms with Gasteiger partial charge in [-0.1, -0.05) is 37.3 Å². The van der Waals surface area contributed by atoms with Crippen LogP contribution < -0.4 is 5.73 Å². The van der Waals surface area contributed by atoms with Crippen molar-refractivity contribution in [2.45, 2.75) is 25.8 Å². The minimum absolute atomic E-state index is 0.112. The molecule has 112 valence electrons. The second kappa shape index (κ2) is 7.77. The highest BCUT2D eigenvalue weighted by atomic mass is 16.5. The molecule has 0 bridgehead atoms. The molecule has 2 N–H and O–H groups in total. The third-order valence-electron chi connectivity index (χ3n) is 4.22. The Hall–Kier alpha value is -0.900. The minimum Gasteiger partial charge on any atom is -0.381 e. The van der Waals surface area contributed by atoms with Crippen LogP contribution in [0, 0.1) is 11.8 Å². The summed E-state index contributed by atoms with van der Waals surface area (Å²) in [6, 6.07) is 10.5. The van der Waals surface area contributed by atoms with Crippen LogP contribution in [0.4, 0.5) is 0 Å². The lowest BCUT2D eigenvalue weighted by atomic mass is 9.94. The molecule has 1 heterocycles. The van der Waals surface area contributed by atoms with Crippen molar-refractivity contribution >= 4 is 0 Å². The Morgan fingerprint density at radius 2 is 2.10 bits per heavy atom. The molecule has 1 aliphatic heterocycles. The molecule has 0 radical (unpaired) electrons. The van der Waals surface area contributed by atoms with E-state index in [9.17, 15) is 0 Å². The second-order valence-corrected chi connectivity index (χ2v) is 6.22. The summed E-state index contributed by atoms with van der Waals surface area (Å²) in [6.07, 6.45) is 2.50. The SMILES string of the molecule is CC(CN(C)CC1CCCOC1)C(N)c1ccccc1. The van der Waals surface area contributed by atoms with Gasteiger partial charge in [-0.3, -0.25) is 0 Å². The molecule has 1 fully saturated rings. The van der Waals surface area contributed by atoms with Crippen LogP contribution in [0.15, 0.2) is 30.3 Å². The Labute approximate surface area is 123 Å². The molecule has 2 rings (SSSR count). The van der Waals surface area contributed by atoms with Gasteiger partial charge in [0.25, 0.3) is 0 Å². The van der Waals surface area contributed by atoms with Gasteiger partial charge < -0.3 is 15.4 Å². The summed E-state index contributed by atoms with van der Waals surface area (Å²) < 4.78 is 5.55. The number of nitrogens with zero attached hydrogens (tertiary/aromatic N) is 1. The Morgan fingerprint density at radius 3 is 2.75 bits per heavy atom. The first-order valence-corrected chi connectivity index (χ1v) is 7.73. The number of benzene rings is 1. The summed E-state index contributed by atoms with van der Waals surface area (Å²) in [4.78, 5) is 2.41. The van der Waals surface area contributed by atoms with E-state index in [2.05, 4.69) is 43.1 Å². The molecule has 0 amide bonds. The zero-order chi connectivity index (χ0) is 14.4. The summed E-state index contributed by atoms with van der Waals surface area (Å²) in [5, 5.41) is 0. The lowest BCUT2D eigenvalue weighted by Crippen LogP contribution is -2.36. The first-order chi connectivity index (χ1) is 9.66. The largest absolute Gasteiger partial charge is 0.381 e. The van der Waals surface area contributed by atoms with Gasteiger partial charge in [0.15, 0.2) is 0 Å². The van der Waals surface area contributed by atoms with E-state index in [0.29, 0.717) is 11.8 Å². The Morgan fingerprint density at radius 1 is 1.35 bits per heavy atom. The fraction of sp³-hybridized carbons (Fsp3) is 0.647. The van der Waals surface area contributed by atoms with Crippen molar-refractivity contribution in [1.82, 2.24) is 4.90 Å². The van der Waals surface area contributed by atoms with Crippen molar-refractivity contribution in [1.29, 1.82) is 0 Å². The van der Waals surface area contributed by atoms with Crippen molar-refractivity contribution in [2.24, 2.45) is 17.6 Å². The molecule has 0 aliphatic carbocycles. The molecule has 20 heavy (non-hydrogen) atoms. The highest BCUT2D eigenvalue weighted by Gasteiger charge is 2.20. The zero-order valence-electron chi connectivity index (χ0n) is 12.8. The van der Waals surface area contributed by atoms with E-state index in [4.69, 9.17) is 10.5 Å². The first kappa shape index (κ1) is 15.5. The summed E-state index contributed by atoms with van der Waals surface area (Å²) in [5.41, 5.74) is 7.60. The highest BCUT2D eigenvalue weighted by molar-refractivity contribution is 5.19. The summed E-state index contributed by atoms with van der Waals surface area (Å²) in [6.45, 7) is 6.25. The normalized spacial score (nSPS) is 22.7. The van der Waals surface area contributed by atoms with Gasteiger partial charge in [-0.05, 0) is 37.3 Å². The monoisotopic (exact) mass is 276 g/mol. The van der Waals surface area contributed by atoms with Gasteiger partial charge in [-0.25, -0.2) is 0 Å². The Balaban J connectivity index is 1.79. The average molecular weight is 276 g/mol. The van der Waals surface area contributed by atoms with E-state index < -0.39 is 0 Å². The van der Waals surface area contributed by atoms with Crippen molar-refractivity contribution in [2.75, 3.05) is 33.4 Å². The molecule has 1 aromatic carbocycles. The predicted molar refractivity (Wildman–Crippen MR) is 83.6 cm³/mol. The van der Waals surface area contributed by atoms with E-state index in [-0.39, 0.29) is 6.04 Å². The number of nitrogens with two attached hydrogens (primary N) is 1. The van der Waals surface area contributed by atoms with Gasteiger partial charge >= 0.3 is 0 Å².